The summed E-state index contributed by atoms with van der Waals surface area (Å²) < 4.78 is 0. The van der Waals surface area contributed by atoms with Gasteiger partial charge in [0.1, 0.15) is 0 Å². The van der Waals surface area contributed by atoms with Gasteiger partial charge in [0.2, 0.25) is 0 Å². The second-order valence-electron chi connectivity index (χ2n) is 5.49. The highest BCUT2D eigenvalue weighted by atomic mass is 15.1. The molecule has 0 saturated carbocycles. The van der Waals surface area contributed by atoms with E-state index in [1.54, 1.807) is 0 Å². The van der Waals surface area contributed by atoms with Crippen LogP contribution in [0.5, 0.6) is 0 Å². The fourth-order valence-corrected chi connectivity index (χ4v) is 2.49. The Labute approximate surface area is 127 Å². The van der Waals surface area contributed by atoms with Crippen LogP contribution in [0.4, 0.5) is 0 Å². The van der Waals surface area contributed by atoms with Crippen molar-refractivity contribution >= 4 is 0 Å². The number of nitriles is 1. The molecular weight excluding hydrogens is 256 g/mol. The Balaban J connectivity index is 1.70. The van der Waals surface area contributed by atoms with Gasteiger partial charge in [-0.25, -0.2) is 0 Å². The van der Waals surface area contributed by atoms with Gasteiger partial charge in [0, 0.05) is 6.54 Å². The van der Waals surface area contributed by atoms with Crippen LogP contribution >= 0.6 is 0 Å². The second-order valence-corrected chi connectivity index (χ2v) is 5.49. The fourth-order valence-electron chi connectivity index (χ4n) is 2.49. The smallest absolute Gasteiger partial charge is 0.0991 e. The van der Waals surface area contributed by atoms with Gasteiger partial charge in [-0.3, -0.25) is 0 Å². The third-order valence-electron chi connectivity index (χ3n) is 3.61. The molecule has 0 aromatic heterocycles. The summed E-state index contributed by atoms with van der Waals surface area (Å²) in [7, 11) is 2.14. The number of unbranched alkanes of at least 4 members (excludes halogenated alkanes) is 1. The normalized spacial score (nSPS) is 10.5. The highest BCUT2D eigenvalue weighted by Crippen LogP contribution is 2.09. The molecule has 0 bridgehead atoms. The third kappa shape index (κ3) is 5.41. The van der Waals surface area contributed by atoms with Crippen LogP contribution in [0.25, 0.3) is 0 Å². The molecule has 0 atom stereocenters. The highest BCUT2D eigenvalue weighted by molar-refractivity contribution is 5.32. The molecule has 0 saturated heterocycles. The van der Waals surface area contributed by atoms with Crippen LogP contribution in [0.15, 0.2) is 54.6 Å². The average Bonchev–Trinajstić information content (AvgIpc) is 2.53. The number of benzene rings is 2. The number of hydrogen-bond donors (Lipinski definition) is 0. The first-order valence-corrected chi connectivity index (χ1v) is 7.49. The summed E-state index contributed by atoms with van der Waals surface area (Å²) in [5.74, 6) is 0. The van der Waals surface area contributed by atoms with Crippen molar-refractivity contribution in [3.8, 4) is 6.07 Å². The van der Waals surface area contributed by atoms with Gasteiger partial charge in [0.05, 0.1) is 11.6 Å². The minimum Gasteiger partial charge on any atom is -0.302 e. The van der Waals surface area contributed by atoms with E-state index in [4.69, 9.17) is 5.26 Å². The molecular formula is C19H22N2. The molecule has 0 heterocycles. The first-order chi connectivity index (χ1) is 10.3. The van der Waals surface area contributed by atoms with E-state index in [2.05, 4.69) is 54.4 Å². The van der Waals surface area contributed by atoms with Gasteiger partial charge < -0.3 is 4.90 Å². The van der Waals surface area contributed by atoms with Crippen molar-refractivity contribution in [2.75, 3.05) is 13.6 Å². The van der Waals surface area contributed by atoms with Gasteiger partial charge in [-0.15, -0.1) is 0 Å². The Morgan fingerprint density at radius 2 is 1.71 bits per heavy atom. The molecule has 0 aliphatic rings. The Morgan fingerprint density at radius 1 is 0.952 bits per heavy atom. The maximum absolute atomic E-state index is 8.91. The molecule has 0 radical (unpaired) electrons. The zero-order valence-electron chi connectivity index (χ0n) is 12.6. The summed E-state index contributed by atoms with van der Waals surface area (Å²) in [6.45, 7) is 1.99. The number of rotatable bonds is 7. The summed E-state index contributed by atoms with van der Waals surface area (Å²) in [6.07, 6.45) is 3.56. The van der Waals surface area contributed by atoms with Crippen molar-refractivity contribution in [3.63, 3.8) is 0 Å². The first kappa shape index (κ1) is 15.3. The van der Waals surface area contributed by atoms with E-state index in [0.717, 1.165) is 25.1 Å². The summed E-state index contributed by atoms with van der Waals surface area (Å²) in [6, 6.07) is 20.7. The molecule has 0 spiro atoms. The van der Waals surface area contributed by atoms with Crippen molar-refractivity contribution in [1.29, 1.82) is 5.26 Å². The van der Waals surface area contributed by atoms with Crippen LogP contribution in [0, 0.1) is 11.3 Å². The average molecular weight is 278 g/mol. The summed E-state index contributed by atoms with van der Waals surface area (Å²) in [4.78, 5) is 2.32. The molecule has 2 rings (SSSR count). The molecule has 0 N–H and O–H groups in total. The van der Waals surface area contributed by atoms with Gasteiger partial charge >= 0.3 is 0 Å². The lowest BCUT2D eigenvalue weighted by molar-refractivity contribution is 0.318. The van der Waals surface area contributed by atoms with Crippen molar-refractivity contribution < 1.29 is 0 Å². The van der Waals surface area contributed by atoms with Gasteiger partial charge in [-0.2, -0.15) is 5.26 Å². The van der Waals surface area contributed by atoms with Crippen LogP contribution in [0.2, 0.25) is 0 Å². The van der Waals surface area contributed by atoms with E-state index < -0.39 is 0 Å². The molecule has 0 fully saturated rings. The minimum absolute atomic E-state index is 0.741. The maximum Gasteiger partial charge on any atom is 0.0991 e. The molecule has 2 aromatic carbocycles. The molecule has 2 heteroatoms. The van der Waals surface area contributed by atoms with Gasteiger partial charge in [-0.1, -0.05) is 42.5 Å². The summed E-state index contributed by atoms with van der Waals surface area (Å²) >= 11 is 0. The molecule has 0 aliphatic carbocycles. The van der Waals surface area contributed by atoms with Crippen LogP contribution in [0.3, 0.4) is 0 Å². The SMILES string of the molecule is CN(CCCCc1ccccc1)Cc1cccc(C#N)c1. The van der Waals surface area contributed by atoms with Crippen molar-refractivity contribution in [2.45, 2.75) is 25.8 Å². The van der Waals surface area contributed by atoms with Crippen LogP contribution < -0.4 is 0 Å². The van der Waals surface area contributed by atoms with E-state index in [1.165, 1.54) is 24.0 Å². The first-order valence-electron chi connectivity index (χ1n) is 7.49. The summed E-state index contributed by atoms with van der Waals surface area (Å²) in [5, 5.41) is 8.91. The number of aryl methyl sites for hydroxylation is 1. The maximum atomic E-state index is 8.91. The fraction of sp³-hybridized carbons (Fsp3) is 0.316. The Bertz CT molecular complexity index is 584. The Hall–Kier alpha value is -2.11. The van der Waals surface area contributed by atoms with Crippen molar-refractivity contribution in [3.05, 3.63) is 71.3 Å². The summed E-state index contributed by atoms with van der Waals surface area (Å²) in [5.41, 5.74) is 3.37. The predicted octanol–water partition coefficient (Wildman–Crippen LogP) is 4.01. The number of nitrogens with zero attached hydrogens (tertiary/aromatic N) is 2. The number of hydrogen-bond acceptors (Lipinski definition) is 2. The second kappa shape index (κ2) is 8.24. The zero-order valence-corrected chi connectivity index (χ0v) is 12.6. The predicted molar refractivity (Wildman–Crippen MR) is 86.9 cm³/mol. The van der Waals surface area contributed by atoms with E-state index in [-0.39, 0.29) is 0 Å². The standard InChI is InChI=1S/C19H22N2/c1-21(16-19-12-7-11-18(14-19)15-20)13-6-5-10-17-8-3-2-4-9-17/h2-4,7-9,11-12,14H,5-6,10,13,16H2,1H3. The largest absolute Gasteiger partial charge is 0.302 e. The Kier molecular flexibility index (Phi) is 5.99. The molecule has 0 aliphatic heterocycles. The molecule has 0 unspecified atom stereocenters. The topological polar surface area (TPSA) is 27.0 Å². The van der Waals surface area contributed by atoms with E-state index >= 15 is 0 Å². The van der Waals surface area contributed by atoms with Crippen LogP contribution in [-0.4, -0.2) is 18.5 Å². The van der Waals surface area contributed by atoms with E-state index in [1.807, 2.05) is 18.2 Å². The minimum atomic E-state index is 0.741. The molecule has 21 heavy (non-hydrogen) atoms. The molecule has 0 amide bonds. The van der Waals surface area contributed by atoms with Gasteiger partial charge in [0.15, 0.2) is 0 Å². The van der Waals surface area contributed by atoms with Crippen molar-refractivity contribution in [1.82, 2.24) is 4.90 Å². The van der Waals surface area contributed by atoms with Crippen LogP contribution in [-0.2, 0) is 13.0 Å². The quantitative estimate of drug-likeness (QED) is 0.715. The van der Waals surface area contributed by atoms with Crippen LogP contribution in [0.1, 0.15) is 29.5 Å². The van der Waals surface area contributed by atoms with Gasteiger partial charge in [-0.05, 0) is 56.1 Å². The highest BCUT2D eigenvalue weighted by Gasteiger charge is 2.01. The monoisotopic (exact) mass is 278 g/mol. The lowest BCUT2D eigenvalue weighted by atomic mass is 10.1. The zero-order chi connectivity index (χ0) is 14.9. The molecule has 2 aromatic rings. The van der Waals surface area contributed by atoms with E-state index in [0.29, 0.717) is 0 Å². The third-order valence-corrected chi connectivity index (χ3v) is 3.61. The van der Waals surface area contributed by atoms with Crippen molar-refractivity contribution in [2.24, 2.45) is 0 Å². The Morgan fingerprint density at radius 3 is 2.48 bits per heavy atom. The van der Waals surface area contributed by atoms with E-state index in [9.17, 15) is 0 Å². The lowest BCUT2D eigenvalue weighted by Gasteiger charge is -2.16. The molecule has 2 nitrogen and oxygen atoms in total. The lowest BCUT2D eigenvalue weighted by Crippen LogP contribution is -2.19. The van der Waals surface area contributed by atoms with Gasteiger partial charge in [0.25, 0.3) is 0 Å². The molecule has 108 valence electrons.